The molecule has 7 heteroatoms. The third-order valence-corrected chi connectivity index (χ3v) is 4.87. The molecule has 0 aliphatic carbocycles. The Hall–Kier alpha value is -1.11. The van der Waals surface area contributed by atoms with Gasteiger partial charge in [0.1, 0.15) is 10.1 Å². The van der Waals surface area contributed by atoms with Crippen molar-refractivity contribution < 1.29 is 14.3 Å². The molecule has 0 bridgehead atoms. The average molecular weight is 328 g/mol. The van der Waals surface area contributed by atoms with Crippen LogP contribution in [0.25, 0.3) is 6.08 Å². The van der Waals surface area contributed by atoms with Crippen LogP contribution in [0.3, 0.4) is 0 Å². The third-order valence-electron chi connectivity index (χ3n) is 2.65. The molecule has 0 N–H and O–H groups in total. The molecule has 0 spiro atoms. The molecule has 0 saturated carbocycles. The molecule has 2 aliphatic heterocycles. The van der Waals surface area contributed by atoms with Crippen LogP contribution in [0, 0.1) is 0 Å². The summed E-state index contributed by atoms with van der Waals surface area (Å²) in [6.07, 6.45) is 1.68. The van der Waals surface area contributed by atoms with Gasteiger partial charge in [-0.25, -0.2) is 4.99 Å². The second-order valence-electron chi connectivity index (χ2n) is 3.96. The minimum atomic E-state index is -0.0605. The molecule has 4 nitrogen and oxygen atoms in total. The third kappa shape index (κ3) is 2.68. The van der Waals surface area contributed by atoms with Gasteiger partial charge in [-0.15, -0.1) is 0 Å². The van der Waals surface area contributed by atoms with Crippen LogP contribution in [0.15, 0.2) is 22.8 Å². The van der Waals surface area contributed by atoms with Gasteiger partial charge in [-0.2, -0.15) is 0 Å². The van der Waals surface area contributed by atoms with E-state index in [9.17, 15) is 4.79 Å². The maximum Gasteiger partial charge on any atom is 0.244 e. The molecule has 104 valence electrons. The second-order valence-corrected chi connectivity index (χ2v) is 6.84. The van der Waals surface area contributed by atoms with Gasteiger partial charge in [0, 0.05) is 6.07 Å². The molecular weight excluding hydrogens is 318 g/mol. The van der Waals surface area contributed by atoms with Crippen LogP contribution >= 0.6 is 35.1 Å². The van der Waals surface area contributed by atoms with Gasteiger partial charge >= 0.3 is 0 Å². The molecule has 0 atom stereocenters. The highest BCUT2D eigenvalue weighted by Gasteiger charge is 2.23. The van der Waals surface area contributed by atoms with Crippen LogP contribution in [0.2, 0.25) is 5.02 Å². The number of fused-ring (bicyclic) bond motifs is 1. The monoisotopic (exact) mass is 327 g/mol. The fraction of sp³-hybridized carbons (Fsp3) is 0.231. The van der Waals surface area contributed by atoms with Gasteiger partial charge in [-0.1, -0.05) is 30.3 Å². The first-order chi connectivity index (χ1) is 9.67. The molecule has 20 heavy (non-hydrogen) atoms. The maximum absolute atomic E-state index is 11.9. The first-order valence-corrected chi connectivity index (χ1v) is 8.10. The van der Waals surface area contributed by atoms with Crippen LogP contribution in [-0.4, -0.2) is 22.0 Å². The summed E-state index contributed by atoms with van der Waals surface area (Å²) >= 11 is 8.89. The zero-order valence-electron chi connectivity index (χ0n) is 10.5. The number of rotatable bonds is 2. The van der Waals surface area contributed by atoms with Crippen LogP contribution < -0.4 is 9.47 Å². The summed E-state index contributed by atoms with van der Waals surface area (Å²) < 4.78 is 11.3. The highest BCUT2D eigenvalue weighted by atomic mass is 35.5. The largest absolute Gasteiger partial charge is 0.454 e. The minimum absolute atomic E-state index is 0.0605. The van der Waals surface area contributed by atoms with E-state index in [0.29, 0.717) is 27.8 Å². The molecule has 2 aliphatic rings. The Morgan fingerprint density at radius 2 is 2.20 bits per heavy atom. The lowest BCUT2D eigenvalue weighted by atomic mass is 10.1. The Morgan fingerprint density at radius 3 is 2.95 bits per heavy atom. The molecule has 1 aromatic carbocycles. The molecule has 0 radical (unpaired) electrons. The van der Waals surface area contributed by atoms with E-state index in [-0.39, 0.29) is 11.9 Å². The standard InChI is InChI=1S/C13H10ClNO3S2/c1-2-19-13-15-9(12(16)20-13)3-7-4-10-11(5-8(7)14)18-6-17-10/h3-5H,2,6H2,1H3. The number of carbonyl (C=O) groups is 1. The Bertz CT molecular complexity index is 643. The van der Waals surface area contributed by atoms with E-state index in [1.807, 2.05) is 6.92 Å². The Kier molecular flexibility index (Phi) is 3.96. The van der Waals surface area contributed by atoms with Gasteiger partial charge < -0.3 is 9.47 Å². The normalized spacial score (nSPS) is 18.8. The van der Waals surface area contributed by atoms with Crippen LogP contribution in [0.4, 0.5) is 0 Å². The lowest BCUT2D eigenvalue weighted by Crippen LogP contribution is -1.92. The summed E-state index contributed by atoms with van der Waals surface area (Å²) in [5.41, 5.74) is 1.11. The lowest BCUT2D eigenvalue weighted by Gasteiger charge is -2.01. The SMILES string of the molecule is CCSC1=NC(=Cc2cc3c(cc2Cl)OCO3)C(=O)S1. The predicted molar refractivity (Wildman–Crippen MR) is 83.7 cm³/mol. The summed E-state index contributed by atoms with van der Waals surface area (Å²) in [5.74, 6) is 2.14. The van der Waals surface area contributed by atoms with Crippen molar-refractivity contribution in [1.29, 1.82) is 0 Å². The van der Waals surface area contributed by atoms with Gasteiger partial charge in [0.2, 0.25) is 11.9 Å². The highest BCUT2D eigenvalue weighted by molar-refractivity contribution is 8.45. The van der Waals surface area contributed by atoms with Crippen LogP contribution in [-0.2, 0) is 4.79 Å². The quantitative estimate of drug-likeness (QED) is 0.773. The van der Waals surface area contributed by atoms with Crippen LogP contribution in [0.1, 0.15) is 12.5 Å². The average Bonchev–Trinajstić information content (AvgIpc) is 2.98. The molecule has 0 fully saturated rings. The molecule has 0 unspecified atom stereocenters. The number of aliphatic imine (C=N–C) groups is 1. The van der Waals surface area contributed by atoms with Gasteiger partial charge in [0.25, 0.3) is 0 Å². The number of nitrogens with zero attached hydrogens (tertiary/aromatic N) is 1. The summed E-state index contributed by atoms with van der Waals surface area (Å²) in [6, 6.07) is 3.45. The highest BCUT2D eigenvalue weighted by Crippen LogP contribution is 2.38. The molecule has 0 amide bonds. The van der Waals surface area contributed by atoms with E-state index in [0.717, 1.165) is 21.9 Å². The van der Waals surface area contributed by atoms with Gasteiger partial charge in [0.05, 0.1) is 5.02 Å². The molecule has 0 aromatic heterocycles. The number of halogens is 1. The van der Waals surface area contributed by atoms with Crippen molar-refractivity contribution in [3.8, 4) is 11.5 Å². The van der Waals surface area contributed by atoms with E-state index in [1.165, 1.54) is 0 Å². The summed E-state index contributed by atoms with van der Waals surface area (Å²) in [5, 5.41) is 0.445. The van der Waals surface area contributed by atoms with Gasteiger partial charge in [-0.3, -0.25) is 4.79 Å². The van der Waals surface area contributed by atoms with Crippen molar-refractivity contribution in [3.63, 3.8) is 0 Å². The van der Waals surface area contributed by atoms with E-state index in [1.54, 1.807) is 30.0 Å². The number of carbonyl (C=O) groups excluding carboxylic acids is 1. The van der Waals surface area contributed by atoms with E-state index >= 15 is 0 Å². The van der Waals surface area contributed by atoms with Crippen molar-refractivity contribution in [2.45, 2.75) is 6.92 Å². The van der Waals surface area contributed by atoms with Gasteiger partial charge in [0.15, 0.2) is 11.5 Å². The fourth-order valence-corrected chi connectivity index (χ4v) is 3.71. The van der Waals surface area contributed by atoms with Crippen LogP contribution in [0.5, 0.6) is 11.5 Å². The summed E-state index contributed by atoms with van der Waals surface area (Å²) in [4.78, 5) is 16.2. The smallest absolute Gasteiger partial charge is 0.244 e. The van der Waals surface area contributed by atoms with E-state index in [2.05, 4.69) is 4.99 Å². The number of hydrogen-bond donors (Lipinski definition) is 0. The first-order valence-electron chi connectivity index (χ1n) is 5.92. The fourth-order valence-electron chi connectivity index (χ4n) is 1.77. The number of benzene rings is 1. The first kappa shape index (κ1) is 13.9. The number of hydrogen-bond acceptors (Lipinski definition) is 6. The molecule has 1 aromatic rings. The molecule has 2 heterocycles. The predicted octanol–water partition coefficient (Wildman–Crippen LogP) is 3.79. The zero-order valence-corrected chi connectivity index (χ0v) is 12.9. The Labute approximate surface area is 129 Å². The topological polar surface area (TPSA) is 47.9 Å². The summed E-state index contributed by atoms with van der Waals surface area (Å²) in [7, 11) is 0. The van der Waals surface area contributed by atoms with Gasteiger partial charge in [-0.05, 0) is 35.2 Å². The van der Waals surface area contributed by atoms with Crippen molar-refractivity contribution in [2.24, 2.45) is 4.99 Å². The minimum Gasteiger partial charge on any atom is -0.454 e. The second kappa shape index (κ2) is 5.71. The van der Waals surface area contributed by atoms with Crippen molar-refractivity contribution in [3.05, 3.63) is 28.4 Å². The molecule has 3 rings (SSSR count). The van der Waals surface area contributed by atoms with Crippen molar-refractivity contribution in [1.82, 2.24) is 0 Å². The maximum atomic E-state index is 11.9. The Balaban J connectivity index is 1.94. The van der Waals surface area contributed by atoms with Crippen molar-refractivity contribution >= 4 is 50.7 Å². The van der Waals surface area contributed by atoms with E-state index < -0.39 is 0 Å². The zero-order chi connectivity index (χ0) is 14.1. The molecular formula is C13H10ClNO3S2. The summed E-state index contributed by atoms with van der Waals surface area (Å²) in [6.45, 7) is 2.21. The number of ether oxygens (including phenoxy) is 2. The van der Waals surface area contributed by atoms with Crippen molar-refractivity contribution in [2.75, 3.05) is 12.5 Å². The molecule has 0 saturated heterocycles. The van der Waals surface area contributed by atoms with E-state index in [4.69, 9.17) is 21.1 Å². The number of thioether (sulfide) groups is 2. The lowest BCUT2D eigenvalue weighted by molar-refractivity contribution is -0.107. The Morgan fingerprint density at radius 1 is 1.45 bits per heavy atom.